The molecule has 0 unspecified atom stereocenters. The first-order valence-corrected chi connectivity index (χ1v) is 9.73. The number of rotatable bonds is 6. The van der Waals surface area contributed by atoms with E-state index in [0.717, 1.165) is 11.3 Å². The highest BCUT2D eigenvalue weighted by Gasteiger charge is 2.42. The van der Waals surface area contributed by atoms with Crippen molar-refractivity contribution < 1.29 is 23.9 Å². The molecule has 1 aromatic heterocycles. The first kappa shape index (κ1) is 20.6. The standard InChI is InChI=1S/C21H25N3O5/c1-4-28-20(26)15-11-17-18(12-16(15)21(27)29-5-2)23-24(19(17)22-13(3)25)14-9-7-6-8-10-14/h6-10,15-16H,4-5,11-12H2,1-3H3,(H,22,25)/t15-,16-/m0/s1. The van der Waals surface area contributed by atoms with Gasteiger partial charge in [0.25, 0.3) is 0 Å². The molecule has 29 heavy (non-hydrogen) atoms. The predicted molar refractivity (Wildman–Crippen MR) is 106 cm³/mol. The van der Waals surface area contributed by atoms with Crippen molar-refractivity contribution >= 4 is 23.7 Å². The first-order valence-electron chi connectivity index (χ1n) is 9.73. The highest BCUT2D eigenvalue weighted by Crippen LogP contribution is 2.37. The Morgan fingerprint density at radius 1 is 1.03 bits per heavy atom. The molecule has 1 amide bonds. The molecule has 0 radical (unpaired) electrons. The fourth-order valence-corrected chi connectivity index (χ4v) is 3.63. The van der Waals surface area contributed by atoms with Crippen LogP contribution in [0.25, 0.3) is 5.69 Å². The van der Waals surface area contributed by atoms with Gasteiger partial charge in [-0.1, -0.05) is 18.2 Å². The SMILES string of the molecule is CCOC(=O)[C@H]1Cc2nn(-c3ccccc3)c(NC(C)=O)c2C[C@@H]1C(=O)OCC. The summed E-state index contributed by atoms with van der Waals surface area (Å²) in [5, 5.41) is 7.48. The third-order valence-corrected chi connectivity index (χ3v) is 4.86. The number of esters is 2. The summed E-state index contributed by atoms with van der Waals surface area (Å²) in [6.07, 6.45) is 0.476. The van der Waals surface area contributed by atoms with Crippen LogP contribution in [0.15, 0.2) is 30.3 Å². The van der Waals surface area contributed by atoms with Crippen molar-refractivity contribution in [2.75, 3.05) is 18.5 Å². The van der Waals surface area contributed by atoms with Crippen molar-refractivity contribution in [1.29, 1.82) is 0 Å². The molecule has 0 fully saturated rings. The number of fused-ring (bicyclic) bond motifs is 1. The van der Waals surface area contributed by atoms with Crippen molar-refractivity contribution in [2.24, 2.45) is 11.8 Å². The monoisotopic (exact) mass is 399 g/mol. The molecule has 8 nitrogen and oxygen atoms in total. The lowest BCUT2D eigenvalue weighted by Crippen LogP contribution is -2.38. The molecule has 2 aromatic rings. The van der Waals surface area contributed by atoms with Crippen molar-refractivity contribution in [3.8, 4) is 5.69 Å². The Balaban J connectivity index is 2.07. The van der Waals surface area contributed by atoms with Crippen LogP contribution in [0.1, 0.15) is 32.0 Å². The largest absolute Gasteiger partial charge is 0.466 e. The number of aromatic nitrogens is 2. The van der Waals surface area contributed by atoms with Gasteiger partial charge in [-0.25, -0.2) is 4.68 Å². The normalized spacial score (nSPS) is 17.9. The van der Waals surface area contributed by atoms with Crippen LogP contribution in [-0.2, 0) is 36.7 Å². The lowest BCUT2D eigenvalue weighted by Gasteiger charge is -2.28. The number of anilines is 1. The highest BCUT2D eigenvalue weighted by atomic mass is 16.5. The average molecular weight is 399 g/mol. The van der Waals surface area contributed by atoms with E-state index in [2.05, 4.69) is 10.4 Å². The zero-order chi connectivity index (χ0) is 21.0. The second-order valence-corrected chi connectivity index (χ2v) is 6.83. The third kappa shape index (κ3) is 4.31. The molecule has 1 aromatic carbocycles. The van der Waals surface area contributed by atoms with E-state index in [9.17, 15) is 14.4 Å². The number of nitrogens with zero attached hydrogens (tertiary/aromatic N) is 2. The molecule has 8 heteroatoms. The Kier molecular flexibility index (Phi) is 6.31. The fourth-order valence-electron chi connectivity index (χ4n) is 3.63. The predicted octanol–water partition coefficient (Wildman–Crippen LogP) is 2.29. The van der Waals surface area contributed by atoms with Crippen LogP contribution < -0.4 is 5.32 Å². The minimum Gasteiger partial charge on any atom is -0.466 e. The number of carbonyl (C=O) groups excluding carboxylic acids is 3. The molecule has 1 aliphatic carbocycles. The maximum Gasteiger partial charge on any atom is 0.310 e. The number of amides is 1. The van der Waals surface area contributed by atoms with Gasteiger partial charge in [-0.05, 0) is 32.4 Å². The Morgan fingerprint density at radius 2 is 1.62 bits per heavy atom. The summed E-state index contributed by atoms with van der Waals surface area (Å²) in [5.41, 5.74) is 2.17. The van der Waals surface area contributed by atoms with Crippen LogP contribution in [-0.4, -0.2) is 40.8 Å². The van der Waals surface area contributed by atoms with E-state index in [1.807, 2.05) is 30.3 Å². The number of para-hydroxylation sites is 1. The summed E-state index contributed by atoms with van der Waals surface area (Å²) in [6, 6.07) is 9.37. The Bertz CT molecular complexity index is 907. The molecule has 154 valence electrons. The summed E-state index contributed by atoms with van der Waals surface area (Å²) >= 11 is 0. The second-order valence-electron chi connectivity index (χ2n) is 6.83. The van der Waals surface area contributed by atoms with E-state index in [4.69, 9.17) is 9.47 Å². The molecule has 0 spiro atoms. The Labute approximate surface area is 169 Å². The lowest BCUT2D eigenvalue weighted by atomic mass is 9.78. The lowest BCUT2D eigenvalue weighted by molar-refractivity contribution is -0.160. The number of ether oxygens (including phenoxy) is 2. The number of benzene rings is 1. The van der Waals surface area contributed by atoms with E-state index in [0.29, 0.717) is 11.5 Å². The quantitative estimate of drug-likeness (QED) is 0.748. The number of hydrogen-bond acceptors (Lipinski definition) is 6. The van der Waals surface area contributed by atoms with Gasteiger partial charge in [-0.2, -0.15) is 5.10 Å². The zero-order valence-corrected chi connectivity index (χ0v) is 16.8. The Morgan fingerprint density at radius 3 is 2.17 bits per heavy atom. The topological polar surface area (TPSA) is 99.5 Å². The molecule has 1 heterocycles. The molecule has 1 aliphatic rings. The maximum absolute atomic E-state index is 12.6. The van der Waals surface area contributed by atoms with Crippen LogP contribution >= 0.6 is 0 Å². The molecule has 1 N–H and O–H groups in total. The van der Waals surface area contributed by atoms with Gasteiger partial charge in [0.1, 0.15) is 5.82 Å². The zero-order valence-electron chi connectivity index (χ0n) is 16.8. The number of hydrogen-bond donors (Lipinski definition) is 1. The van der Waals surface area contributed by atoms with Gasteiger partial charge in [0.05, 0.1) is 36.4 Å². The van der Waals surface area contributed by atoms with Crippen molar-refractivity contribution in [2.45, 2.75) is 33.6 Å². The van der Waals surface area contributed by atoms with Gasteiger partial charge >= 0.3 is 11.9 Å². The van der Waals surface area contributed by atoms with Gasteiger partial charge < -0.3 is 14.8 Å². The fraction of sp³-hybridized carbons (Fsp3) is 0.429. The smallest absolute Gasteiger partial charge is 0.310 e. The van der Waals surface area contributed by atoms with Gasteiger partial charge in [-0.15, -0.1) is 0 Å². The van der Waals surface area contributed by atoms with E-state index in [1.54, 1.807) is 18.5 Å². The third-order valence-electron chi connectivity index (χ3n) is 4.86. The van der Waals surface area contributed by atoms with Crippen LogP contribution in [0, 0.1) is 11.8 Å². The average Bonchev–Trinajstić information content (AvgIpc) is 3.05. The van der Waals surface area contributed by atoms with Gasteiger partial charge in [0.2, 0.25) is 5.91 Å². The molecule has 0 bridgehead atoms. The van der Waals surface area contributed by atoms with Crippen LogP contribution in [0.5, 0.6) is 0 Å². The van der Waals surface area contributed by atoms with E-state index >= 15 is 0 Å². The van der Waals surface area contributed by atoms with Gasteiger partial charge in [0.15, 0.2) is 0 Å². The maximum atomic E-state index is 12.6. The van der Waals surface area contributed by atoms with Crippen LogP contribution in [0.2, 0.25) is 0 Å². The number of carbonyl (C=O) groups is 3. The molecule has 0 saturated heterocycles. The van der Waals surface area contributed by atoms with E-state index in [1.165, 1.54) is 6.92 Å². The van der Waals surface area contributed by atoms with E-state index in [-0.39, 0.29) is 32.0 Å². The van der Waals surface area contributed by atoms with Gasteiger partial charge in [-0.3, -0.25) is 14.4 Å². The minimum atomic E-state index is -0.692. The summed E-state index contributed by atoms with van der Waals surface area (Å²) in [6.45, 7) is 5.32. The molecule has 3 rings (SSSR count). The Hall–Kier alpha value is -3.16. The van der Waals surface area contributed by atoms with Crippen molar-refractivity contribution in [3.63, 3.8) is 0 Å². The molecule has 0 aliphatic heterocycles. The highest BCUT2D eigenvalue weighted by molar-refractivity contribution is 5.90. The summed E-state index contributed by atoms with van der Waals surface area (Å²) < 4.78 is 12.0. The van der Waals surface area contributed by atoms with Crippen LogP contribution in [0.3, 0.4) is 0 Å². The molecule has 0 saturated carbocycles. The minimum absolute atomic E-state index is 0.222. The van der Waals surface area contributed by atoms with E-state index < -0.39 is 23.8 Å². The van der Waals surface area contributed by atoms with Gasteiger partial charge in [0, 0.05) is 18.9 Å². The second kappa shape index (κ2) is 8.89. The molecule has 2 atom stereocenters. The molecular weight excluding hydrogens is 374 g/mol. The summed E-state index contributed by atoms with van der Waals surface area (Å²) in [5.74, 6) is -1.99. The van der Waals surface area contributed by atoms with Crippen LogP contribution in [0.4, 0.5) is 5.82 Å². The van der Waals surface area contributed by atoms with Crippen molar-refractivity contribution in [1.82, 2.24) is 9.78 Å². The van der Waals surface area contributed by atoms with Crippen molar-refractivity contribution in [3.05, 3.63) is 41.6 Å². The summed E-state index contributed by atoms with van der Waals surface area (Å²) in [7, 11) is 0. The first-order chi connectivity index (χ1) is 14.0. The number of nitrogens with one attached hydrogen (secondary N) is 1. The molecular formula is C21H25N3O5. The summed E-state index contributed by atoms with van der Waals surface area (Å²) in [4.78, 5) is 37.0.